The van der Waals surface area contributed by atoms with E-state index in [1.54, 1.807) is 11.0 Å². The molecular formula is C15H17Cl2N3O3. The highest BCUT2D eigenvalue weighted by atomic mass is 35.5. The second-order valence-electron chi connectivity index (χ2n) is 5.17. The number of carbonyl (C=O) groups excluding carboxylic acids is 3. The predicted octanol–water partition coefficient (Wildman–Crippen LogP) is 2.06. The third-order valence-corrected chi connectivity index (χ3v) is 4.00. The predicted molar refractivity (Wildman–Crippen MR) is 88.5 cm³/mol. The van der Waals surface area contributed by atoms with Crippen LogP contribution < -0.4 is 10.6 Å². The van der Waals surface area contributed by atoms with Crippen molar-refractivity contribution in [3.8, 4) is 0 Å². The topological polar surface area (TPSA) is 78.5 Å². The van der Waals surface area contributed by atoms with Gasteiger partial charge in [-0.1, -0.05) is 23.2 Å². The maximum Gasteiger partial charge on any atom is 0.313 e. The van der Waals surface area contributed by atoms with Crippen molar-refractivity contribution >= 4 is 46.6 Å². The summed E-state index contributed by atoms with van der Waals surface area (Å²) in [5.41, 5.74) is 0.318. The van der Waals surface area contributed by atoms with Crippen LogP contribution in [0.1, 0.15) is 19.3 Å². The Morgan fingerprint density at radius 1 is 1.22 bits per heavy atom. The fourth-order valence-corrected chi connectivity index (χ4v) is 2.72. The molecule has 6 nitrogen and oxygen atoms in total. The molecule has 23 heavy (non-hydrogen) atoms. The summed E-state index contributed by atoms with van der Waals surface area (Å²) >= 11 is 11.7. The number of rotatable bonds is 5. The molecule has 0 bridgehead atoms. The molecular weight excluding hydrogens is 341 g/mol. The number of hydrogen-bond acceptors (Lipinski definition) is 3. The van der Waals surface area contributed by atoms with Crippen molar-refractivity contribution in [3.05, 3.63) is 28.2 Å². The Labute approximate surface area is 144 Å². The van der Waals surface area contributed by atoms with Gasteiger partial charge in [0.2, 0.25) is 5.91 Å². The molecule has 1 aromatic carbocycles. The van der Waals surface area contributed by atoms with Crippen molar-refractivity contribution in [2.24, 2.45) is 0 Å². The third kappa shape index (κ3) is 5.11. The molecule has 1 aliphatic heterocycles. The summed E-state index contributed by atoms with van der Waals surface area (Å²) in [5, 5.41) is 5.63. The summed E-state index contributed by atoms with van der Waals surface area (Å²) in [6.07, 6.45) is 2.08. The zero-order valence-electron chi connectivity index (χ0n) is 12.4. The van der Waals surface area contributed by atoms with Crippen LogP contribution >= 0.6 is 23.2 Å². The fraction of sp³-hybridized carbons (Fsp3) is 0.400. The van der Waals surface area contributed by atoms with E-state index in [9.17, 15) is 14.4 Å². The maximum absolute atomic E-state index is 11.8. The van der Waals surface area contributed by atoms with E-state index in [1.165, 1.54) is 12.1 Å². The van der Waals surface area contributed by atoms with Gasteiger partial charge < -0.3 is 15.5 Å². The molecule has 1 aliphatic rings. The first-order valence-corrected chi connectivity index (χ1v) is 8.05. The summed E-state index contributed by atoms with van der Waals surface area (Å²) in [7, 11) is 0. The molecule has 0 aromatic heterocycles. The largest absolute Gasteiger partial charge is 0.348 e. The minimum absolute atomic E-state index is 0.145. The van der Waals surface area contributed by atoms with E-state index in [-0.39, 0.29) is 10.9 Å². The van der Waals surface area contributed by atoms with Gasteiger partial charge >= 0.3 is 11.8 Å². The van der Waals surface area contributed by atoms with Gasteiger partial charge in [0.25, 0.3) is 0 Å². The van der Waals surface area contributed by atoms with Crippen molar-refractivity contribution in [1.82, 2.24) is 10.2 Å². The summed E-state index contributed by atoms with van der Waals surface area (Å²) in [4.78, 5) is 36.7. The average molecular weight is 358 g/mol. The lowest BCUT2D eigenvalue weighted by atomic mass is 10.3. The summed E-state index contributed by atoms with van der Waals surface area (Å²) < 4.78 is 0. The maximum atomic E-state index is 11.8. The minimum atomic E-state index is -0.800. The molecule has 0 spiro atoms. The van der Waals surface area contributed by atoms with E-state index in [4.69, 9.17) is 23.2 Å². The first kappa shape index (κ1) is 17.6. The number of benzene rings is 1. The van der Waals surface area contributed by atoms with Crippen LogP contribution in [0.4, 0.5) is 5.69 Å². The van der Waals surface area contributed by atoms with Gasteiger partial charge in [0, 0.05) is 31.1 Å². The average Bonchev–Trinajstić information content (AvgIpc) is 2.91. The van der Waals surface area contributed by atoms with Gasteiger partial charge in [-0.25, -0.2) is 0 Å². The Hall–Kier alpha value is -1.79. The van der Waals surface area contributed by atoms with Crippen molar-refractivity contribution in [1.29, 1.82) is 0 Å². The van der Waals surface area contributed by atoms with E-state index < -0.39 is 11.8 Å². The third-order valence-electron chi connectivity index (χ3n) is 3.45. The van der Waals surface area contributed by atoms with Gasteiger partial charge in [-0.15, -0.1) is 0 Å². The van der Waals surface area contributed by atoms with Gasteiger partial charge in [0.15, 0.2) is 0 Å². The molecule has 0 saturated carbocycles. The van der Waals surface area contributed by atoms with Gasteiger partial charge in [-0.05, 0) is 31.0 Å². The molecule has 2 N–H and O–H groups in total. The molecule has 0 atom stereocenters. The van der Waals surface area contributed by atoms with E-state index in [2.05, 4.69) is 10.6 Å². The summed E-state index contributed by atoms with van der Waals surface area (Å²) in [6, 6.07) is 4.56. The molecule has 0 unspecified atom stereocenters. The molecule has 3 amide bonds. The smallest absolute Gasteiger partial charge is 0.313 e. The SMILES string of the molecule is O=C(NCCCN1CCCC1=O)C(=O)Nc1ccc(Cl)cc1Cl. The van der Waals surface area contributed by atoms with Gasteiger partial charge in [-0.3, -0.25) is 14.4 Å². The number of amides is 3. The van der Waals surface area contributed by atoms with Crippen molar-refractivity contribution < 1.29 is 14.4 Å². The van der Waals surface area contributed by atoms with E-state index >= 15 is 0 Å². The van der Waals surface area contributed by atoms with Gasteiger partial charge in [-0.2, -0.15) is 0 Å². The lowest BCUT2D eigenvalue weighted by molar-refractivity contribution is -0.136. The zero-order valence-corrected chi connectivity index (χ0v) is 13.9. The van der Waals surface area contributed by atoms with Crippen LogP contribution in [-0.4, -0.2) is 42.3 Å². The molecule has 1 aromatic rings. The van der Waals surface area contributed by atoms with Crippen molar-refractivity contribution in [2.45, 2.75) is 19.3 Å². The Morgan fingerprint density at radius 3 is 2.65 bits per heavy atom. The molecule has 1 heterocycles. The Bertz CT molecular complexity index is 622. The van der Waals surface area contributed by atoms with Crippen LogP contribution in [0.15, 0.2) is 18.2 Å². The first-order valence-electron chi connectivity index (χ1n) is 7.29. The molecule has 2 rings (SSSR count). The molecule has 0 radical (unpaired) electrons. The van der Waals surface area contributed by atoms with E-state index in [0.29, 0.717) is 36.6 Å². The number of carbonyl (C=O) groups is 3. The summed E-state index contributed by atoms with van der Waals surface area (Å²) in [5.74, 6) is -1.40. The molecule has 124 valence electrons. The van der Waals surface area contributed by atoms with Gasteiger partial charge in [0.1, 0.15) is 0 Å². The second kappa shape index (κ2) is 8.17. The highest BCUT2D eigenvalue weighted by molar-refractivity contribution is 6.42. The lowest BCUT2D eigenvalue weighted by Gasteiger charge is -2.15. The number of likely N-dealkylation sites (tertiary alicyclic amines) is 1. The number of anilines is 1. The molecule has 1 fully saturated rings. The van der Waals surface area contributed by atoms with Crippen LogP contribution in [0.3, 0.4) is 0 Å². The lowest BCUT2D eigenvalue weighted by Crippen LogP contribution is -2.37. The second-order valence-corrected chi connectivity index (χ2v) is 6.02. The van der Waals surface area contributed by atoms with Crippen molar-refractivity contribution in [3.63, 3.8) is 0 Å². The molecule has 1 saturated heterocycles. The number of halogens is 2. The number of nitrogens with one attached hydrogen (secondary N) is 2. The molecule has 8 heteroatoms. The fourth-order valence-electron chi connectivity index (χ4n) is 2.26. The monoisotopic (exact) mass is 357 g/mol. The van der Waals surface area contributed by atoms with Gasteiger partial charge in [0.05, 0.1) is 10.7 Å². The van der Waals surface area contributed by atoms with Crippen LogP contribution in [0.25, 0.3) is 0 Å². The number of nitrogens with zero attached hydrogens (tertiary/aromatic N) is 1. The molecule has 0 aliphatic carbocycles. The van der Waals surface area contributed by atoms with Crippen LogP contribution in [-0.2, 0) is 14.4 Å². The standard InChI is InChI=1S/C15H17Cl2N3O3/c16-10-4-5-12(11(17)9-10)19-15(23)14(22)18-6-2-8-20-7-1-3-13(20)21/h4-5,9H,1-3,6-8H2,(H,18,22)(H,19,23). The highest BCUT2D eigenvalue weighted by Gasteiger charge is 2.19. The normalized spacial score (nSPS) is 14.0. The van der Waals surface area contributed by atoms with Crippen LogP contribution in [0, 0.1) is 0 Å². The zero-order chi connectivity index (χ0) is 16.8. The van der Waals surface area contributed by atoms with Crippen LogP contribution in [0.5, 0.6) is 0 Å². The van der Waals surface area contributed by atoms with E-state index in [0.717, 1.165) is 13.0 Å². The first-order chi connectivity index (χ1) is 11.0. The number of hydrogen-bond donors (Lipinski definition) is 2. The minimum Gasteiger partial charge on any atom is -0.348 e. The highest BCUT2D eigenvalue weighted by Crippen LogP contribution is 2.25. The quantitative estimate of drug-likeness (QED) is 0.625. The van der Waals surface area contributed by atoms with E-state index in [1.807, 2.05) is 0 Å². The Morgan fingerprint density at radius 2 is 2.00 bits per heavy atom. The Balaban J connectivity index is 1.72. The summed E-state index contributed by atoms with van der Waals surface area (Å²) in [6.45, 7) is 1.68. The van der Waals surface area contributed by atoms with Crippen molar-refractivity contribution in [2.75, 3.05) is 25.0 Å². The van der Waals surface area contributed by atoms with Crippen LogP contribution in [0.2, 0.25) is 10.0 Å². The Kier molecular flexibility index (Phi) is 6.24.